The maximum absolute atomic E-state index is 12.9. The molecule has 1 heterocycles. The maximum atomic E-state index is 12.9. The summed E-state index contributed by atoms with van der Waals surface area (Å²) >= 11 is 0. The number of rotatable bonds is 5. The number of anilines is 1. The van der Waals surface area contributed by atoms with Crippen molar-refractivity contribution in [2.24, 2.45) is 0 Å². The van der Waals surface area contributed by atoms with Crippen molar-refractivity contribution >= 4 is 27.2 Å². The number of nitrogens with one attached hydrogen (secondary N) is 1. The van der Waals surface area contributed by atoms with Crippen molar-refractivity contribution in [1.82, 2.24) is 4.90 Å². The van der Waals surface area contributed by atoms with Gasteiger partial charge in [0.1, 0.15) is 0 Å². The molecule has 0 saturated carbocycles. The highest BCUT2D eigenvalue weighted by Gasteiger charge is 2.20. The SMILES string of the molecule is Cc1ccc(NS(=O)(=O)c2ccc(C(=O)N3CC=C(c4ccccc4)CC3)cc2)cc1. The van der Waals surface area contributed by atoms with Gasteiger partial charge in [-0.05, 0) is 60.9 Å². The molecule has 0 aromatic heterocycles. The van der Waals surface area contributed by atoms with Crippen LogP contribution >= 0.6 is 0 Å². The Labute approximate surface area is 183 Å². The highest BCUT2D eigenvalue weighted by Crippen LogP contribution is 2.23. The molecule has 0 bridgehead atoms. The Morgan fingerprint density at radius 3 is 2.19 bits per heavy atom. The van der Waals surface area contributed by atoms with Crippen molar-refractivity contribution in [1.29, 1.82) is 0 Å². The quantitative estimate of drug-likeness (QED) is 0.634. The molecule has 4 rings (SSSR count). The van der Waals surface area contributed by atoms with E-state index in [1.54, 1.807) is 29.2 Å². The first kappa shape index (κ1) is 20.9. The van der Waals surface area contributed by atoms with Gasteiger partial charge in [0, 0.05) is 24.3 Å². The average Bonchev–Trinajstić information content (AvgIpc) is 2.81. The number of sulfonamides is 1. The maximum Gasteiger partial charge on any atom is 0.261 e. The molecule has 0 atom stereocenters. The van der Waals surface area contributed by atoms with E-state index in [0.717, 1.165) is 12.0 Å². The number of amides is 1. The van der Waals surface area contributed by atoms with E-state index in [2.05, 4.69) is 22.9 Å². The molecular formula is C25H24N2O3S. The van der Waals surface area contributed by atoms with Crippen molar-refractivity contribution in [2.75, 3.05) is 17.8 Å². The summed E-state index contributed by atoms with van der Waals surface area (Å²) < 4.78 is 27.8. The molecule has 3 aromatic rings. The number of hydrogen-bond donors (Lipinski definition) is 1. The molecule has 0 unspecified atom stereocenters. The lowest BCUT2D eigenvalue weighted by Gasteiger charge is -2.27. The highest BCUT2D eigenvalue weighted by atomic mass is 32.2. The summed E-state index contributed by atoms with van der Waals surface area (Å²) in [6, 6.07) is 23.4. The van der Waals surface area contributed by atoms with E-state index in [0.29, 0.717) is 24.3 Å². The lowest BCUT2D eigenvalue weighted by Crippen LogP contribution is -2.34. The van der Waals surface area contributed by atoms with E-state index in [9.17, 15) is 13.2 Å². The number of benzene rings is 3. The minimum Gasteiger partial charge on any atom is -0.335 e. The fourth-order valence-electron chi connectivity index (χ4n) is 3.56. The first-order valence-electron chi connectivity index (χ1n) is 10.2. The molecule has 0 spiro atoms. The average molecular weight is 433 g/mol. The monoisotopic (exact) mass is 432 g/mol. The van der Waals surface area contributed by atoms with Gasteiger partial charge in [0.2, 0.25) is 0 Å². The second kappa shape index (κ2) is 8.78. The van der Waals surface area contributed by atoms with Crippen LogP contribution in [0.15, 0.2) is 89.8 Å². The van der Waals surface area contributed by atoms with Crippen LogP contribution in [0.5, 0.6) is 0 Å². The minimum atomic E-state index is -3.72. The molecular weight excluding hydrogens is 408 g/mol. The first-order valence-corrected chi connectivity index (χ1v) is 11.6. The van der Waals surface area contributed by atoms with E-state index >= 15 is 0 Å². The van der Waals surface area contributed by atoms with Crippen LogP contribution in [0.1, 0.15) is 27.9 Å². The van der Waals surface area contributed by atoms with Gasteiger partial charge in [-0.25, -0.2) is 8.42 Å². The number of nitrogens with zero attached hydrogens (tertiary/aromatic N) is 1. The Kier molecular flexibility index (Phi) is 5.91. The predicted octanol–water partition coefficient (Wildman–Crippen LogP) is 4.73. The van der Waals surface area contributed by atoms with Gasteiger partial charge in [0.05, 0.1) is 4.90 Å². The van der Waals surface area contributed by atoms with Gasteiger partial charge in [-0.3, -0.25) is 9.52 Å². The largest absolute Gasteiger partial charge is 0.335 e. The van der Waals surface area contributed by atoms with Crippen molar-refractivity contribution in [3.05, 3.63) is 102 Å². The third-order valence-corrected chi connectivity index (χ3v) is 6.75. The van der Waals surface area contributed by atoms with Crippen LogP contribution in [0.3, 0.4) is 0 Å². The molecule has 158 valence electrons. The van der Waals surface area contributed by atoms with Crippen LogP contribution < -0.4 is 4.72 Å². The van der Waals surface area contributed by atoms with Crippen LogP contribution in [0, 0.1) is 6.92 Å². The van der Waals surface area contributed by atoms with Crippen molar-refractivity contribution in [3.8, 4) is 0 Å². The highest BCUT2D eigenvalue weighted by molar-refractivity contribution is 7.92. The molecule has 0 saturated heterocycles. The second-order valence-corrected chi connectivity index (χ2v) is 9.27. The van der Waals surface area contributed by atoms with Crippen LogP contribution in [0.4, 0.5) is 5.69 Å². The molecule has 5 nitrogen and oxygen atoms in total. The number of carbonyl (C=O) groups excluding carboxylic acids is 1. The fraction of sp³-hybridized carbons (Fsp3) is 0.160. The molecule has 0 aliphatic carbocycles. The molecule has 1 N–H and O–H groups in total. The van der Waals surface area contributed by atoms with Gasteiger partial charge >= 0.3 is 0 Å². The van der Waals surface area contributed by atoms with Crippen LogP contribution in [0.25, 0.3) is 5.57 Å². The smallest absolute Gasteiger partial charge is 0.261 e. The molecule has 6 heteroatoms. The zero-order valence-electron chi connectivity index (χ0n) is 17.3. The van der Waals surface area contributed by atoms with Gasteiger partial charge in [-0.1, -0.05) is 54.1 Å². The topological polar surface area (TPSA) is 66.5 Å². The Bertz CT molecular complexity index is 1200. The zero-order valence-corrected chi connectivity index (χ0v) is 18.1. The van der Waals surface area contributed by atoms with Gasteiger partial charge in [-0.2, -0.15) is 0 Å². The lowest BCUT2D eigenvalue weighted by atomic mass is 9.99. The van der Waals surface area contributed by atoms with Gasteiger partial charge in [0.15, 0.2) is 0 Å². The summed E-state index contributed by atoms with van der Waals surface area (Å²) in [4.78, 5) is 14.8. The Morgan fingerprint density at radius 2 is 1.58 bits per heavy atom. The minimum absolute atomic E-state index is 0.0983. The lowest BCUT2D eigenvalue weighted by molar-refractivity contribution is 0.0773. The normalized spacial score (nSPS) is 14.1. The Morgan fingerprint density at radius 1 is 0.903 bits per heavy atom. The second-order valence-electron chi connectivity index (χ2n) is 7.59. The fourth-order valence-corrected chi connectivity index (χ4v) is 4.62. The summed E-state index contributed by atoms with van der Waals surface area (Å²) in [5.74, 6) is -0.0983. The molecule has 31 heavy (non-hydrogen) atoms. The number of carbonyl (C=O) groups is 1. The van der Waals surface area contributed by atoms with E-state index in [1.807, 2.05) is 37.3 Å². The summed E-state index contributed by atoms with van der Waals surface area (Å²) in [5, 5.41) is 0. The van der Waals surface area contributed by atoms with Gasteiger partial charge < -0.3 is 4.90 Å². The Hall–Kier alpha value is -3.38. The molecule has 3 aromatic carbocycles. The standard InChI is InChI=1S/C25H24N2O3S/c1-19-7-11-23(12-8-19)26-31(29,30)24-13-9-22(10-14-24)25(28)27-17-15-21(16-18-27)20-5-3-2-4-6-20/h2-15,26H,16-18H2,1H3. The summed E-state index contributed by atoms with van der Waals surface area (Å²) in [6.45, 7) is 3.11. The van der Waals surface area contributed by atoms with Crippen LogP contribution in [-0.2, 0) is 10.0 Å². The summed E-state index contributed by atoms with van der Waals surface area (Å²) in [6.07, 6.45) is 2.88. The van der Waals surface area contributed by atoms with Crippen molar-refractivity contribution in [2.45, 2.75) is 18.2 Å². The molecule has 0 fully saturated rings. The van der Waals surface area contributed by atoms with Gasteiger partial charge in [-0.15, -0.1) is 0 Å². The van der Waals surface area contributed by atoms with E-state index in [1.165, 1.54) is 23.3 Å². The summed E-state index contributed by atoms with van der Waals surface area (Å²) in [5.41, 5.74) is 4.46. The zero-order chi connectivity index (χ0) is 21.8. The Balaban J connectivity index is 1.44. The van der Waals surface area contributed by atoms with Gasteiger partial charge in [0.25, 0.3) is 15.9 Å². The molecule has 1 aliphatic rings. The van der Waals surface area contributed by atoms with Crippen molar-refractivity contribution < 1.29 is 13.2 Å². The van der Waals surface area contributed by atoms with Crippen LogP contribution in [-0.4, -0.2) is 32.3 Å². The first-order chi connectivity index (χ1) is 14.9. The molecule has 1 aliphatic heterocycles. The third kappa shape index (κ3) is 4.86. The predicted molar refractivity (Wildman–Crippen MR) is 123 cm³/mol. The number of hydrogen-bond acceptors (Lipinski definition) is 3. The summed E-state index contributed by atoms with van der Waals surface area (Å²) in [7, 11) is -3.72. The van der Waals surface area contributed by atoms with E-state index < -0.39 is 10.0 Å². The van der Waals surface area contributed by atoms with E-state index in [-0.39, 0.29) is 10.8 Å². The number of aryl methyl sites for hydroxylation is 1. The third-order valence-electron chi connectivity index (χ3n) is 5.36. The van der Waals surface area contributed by atoms with Crippen molar-refractivity contribution in [3.63, 3.8) is 0 Å². The van der Waals surface area contributed by atoms with Crippen LogP contribution in [0.2, 0.25) is 0 Å². The molecule has 0 radical (unpaired) electrons. The molecule has 1 amide bonds. The van der Waals surface area contributed by atoms with E-state index in [4.69, 9.17) is 0 Å².